The van der Waals surface area contributed by atoms with Crippen LogP contribution in [0, 0.1) is 11.3 Å². The zero-order valence-electron chi connectivity index (χ0n) is 8.07. The van der Waals surface area contributed by atoms with E-state index in [0.29, 0.717) is 6.42 Å². The van der Waals surface area contributed by atoms with Gasteiger partial charge in [0, 0.05) is 0 Å². The molecule has 0 amide bonds. The largest absolute Gasteiger partial charge is 0.417 e. The van der Waals surface area contributed by atoms with Crippen molar-refractivity contribution < 1.29 is 18.3 Å². The molecule has 0 aliphatic heterocycles. The van der Waals surface area contributed by atoms with Crippen molar-refractivity contribution in [3.63, 3.8) is 0 Å². The third-order valence-corrected chi connectivity index (χ3v) is 2.91. The molecule has 0 spiro atoms. The zero-order valence-corrected chi connectivity index (χ0v) is 8.07. The minimum atomic E-state index is -4.50. The van der Waals surface area contributed by atoms with E-state index in [1.807, 2.05) is 0 Å². The Labute approximate surface area is 75.9 Å². The molecule has 1 N–H and O–H groups in total. The van der Waals surface area contributed by atoms with E-state index < -0.39 is 23.1 Å². The summed E-state index contributed by atoms with van der Waals surface area (Å²) in [5.74, 6) is -0.706. The summed E-state index contributed by atoms with van der Waals surface area (Å²) in [5, 5.41) is 9.51. The second kappa shape index (κ2) is 2.62. The van der Waals surface area contributed by atoms with Crippen LogP contribution in [-0.2, 0) is 0 Å². The third-order valence-electron chi connectivity index (χ3n) is 2.91. The van der Waals surface area contributed by atoms with Crippen molar-refractivity contribution in [2.75, 3.05) is 0 Å². The fraction of sp³-hybridized carbons (Fsp3) is 1.00. The summed E-state index contributed by atoms with van der Waals surface area (Å²) in [7, 11) is 0. The molecule has 78 valence electrons. The number of hydrogen-bond acceptors (Lipinski definition) is 1. The normalized spacial score (nSPS) is 39.5. The maximum absolute atomic E-state index is 12.5. The molecule has 4 heteroatoms. The Bertz CT molecular complexity index is 209. The fourth-order valence-electron chi connectivity index (χ4n) is 2.35. The van der Waals surface area contributed by atoms with E-state index in [9.17, 15) is 18.3 Å². The second-order valence-corrected chi connectivity index (χ2v) is 4.87. The Hall–Kier alpha value is -0.250. The van der Waals surface area contributed by atoms with Gasteiger partial charge in [-0.3, -0.25) is 0 Å². The van der Waals surface area contributed by atoms with Gasteiger partial charge in [0.25, 0.3) is 0 Å². The summed E-state index contributed by atoms with van der Waals surface area (Å²) < 4.78 is 37.5. The van der Waals surface area contributed by atoms with Gasteiger partial charge in [0.05, 0.1) is 0 Å². The van der Waals surface area contributed by atoms with Crippen LogP contribution in [0.25, 0.3) is 0 Å². The quantitative estimate of drug-likeness (QED) is 0.631. The molecule has 2 unspecified atom stereocenters. The van der Waals surface area contributed by atoms with Crippen LogP contribution in [0.4, 0.5) is 13.2 Å². The van der Waals surface area contributed by atoms with Crippen LogP contribution in [0.3, 0.4) is 0 Å². The van der Waals surface area contributed by atoms with Gasteiger partial charge in [-0.25, -0.2) is 0 Å². The molecular weight excluding hydrogens is 181 g/mol. The minimum absolute atomic E-state index is 0.190. The number of aliphatic hydroxyl groups is 1. The Kier molecular flexibility index (Phi) is 2.19. The van der Waals surface area contributed by atoms with Crippen molar-refractivity contribution in [2.45, 2.75) is 45.4 Å². The molecule has 0 saturated heterocycles. The first-order valence-corrected chi connectivity index (χ1v) is 4.38. The molecule has 0 radical (unpaired) electrons. The van der Waals surface area contributed by atoms with E-state index in [-0.39, 0.29) is 6.42 Å². The van der Waals surface area contributed by atoms with E-state index in [1.54, 1.807) is 13.8 Å². The number of alkyl halides is 3. The van der Waals surface area contributed by atoms with Crippen molar-refractivity contribution in [3.05, 3.63) is 0 Å². The maximum atomic E-state index is 12.5. The van der Waals surface area contributed by atoms with Gasteiger partial charge in [0.1, 0.15) is 0 Å². The van der Waals surface area contributed by atoms with Gasteiger partial charge in [0.15, 0.2) is 5.60 Å². The molecule has 13 heavy (non-hydrogen) atoms. The molecule has 1 nitrogen and oxygen atoms in total. The maximum Gasteiger partial charge on any atom is 0.417 e. The lowest BCUT2D eigenvalue weighted by Crippen LogP contribution is -2.47. The van der Waals surface area contributed by atoms with Crippen LogP contribution in [0.1, 0.15) is 33.6 Å². The van der Waals surface area contributed by atoms with E-state index in [4.69, 9.17) is 0 Å². The lowest BCUT2D eigenvalue weighted by atomic mass is 9.89. The Morgan fingerprint density at radius 3 is 1.92 bits per heavy atom. The van der Waals surface area contributed by atoms with Gasteiger partial charge >= 0.3 is 6.18 Å². The molecule has 1 fully saturated rings. The molecular formula is C9H15F3O. The van der Waals surface area contributed by atoms with Crippen LogP contribution in [0.2, 0.25) is 0 Å². The molecule has 1 saturated carbocycles. The summed E-state index contributed by atoms with van der Waals surface area (Å²) in [6.07, 6.45) is -4.27. The fourth-order valence-corrected chi connectivity index (χ4v) is 2.35. The number of halogens is 3. The molecule has 2 atom stereocenters. The van der Waals surface area contributed by atoms with Crippen LogP contribution < -0.4 is 0 Å². The lowest BCUT2D eigenvalue weighted by molar-refractivity contribution is -0.272. The third kappa shape index (κ3) is 1.68. The highest BCUT2D eigenvalue weighted by Gasteiger charge is 2.62. The highest BCUT2D eigenvalue weighted by molar-refractivity contribution is 5.02. The number of hydrogen-bond donors (Lipinski definition) is 1. The highest BCUT2D eigenvalue weighted by Crippen LogP contribution is 2.53. The topological polar surface area (TPSA) is 20.2 Å². The number of rotatable bonds is 0. The Morgan fingerprint density at radius 2 is 1.77 bits per heavy atom. The first-order chi connectivity index (χ1) is 5.58. The van der Waals surface area contributed by atoms with Crippen LogP contribution in [0.15, 0.2) is 0 Å². The Morgan fingerprint density at radius 1 is 1.31 bits per heavy atom. The highest BCUT2D eigenvalue weighted by atomic mass is 19.4. The molecule has 0 aromatic heterocycles. The lowest BCUT2D eigenvalue weighted by Gasteiger charge is -2.30. The van der Waals surface area contributed by atoms with Crippen molar-refractivity contribution in [1.29, 1.82) is 0 Å². The zero-order chi connectivity index (χ0) is 10.5. The van der Waals surface area contributed by atoms with Gasteiger partial charge in [0.2, 0.25) is 0 Å². The summed E-state index contributed by atoms with van der Waals surface area (Å²) in [5.41, 5.74) is -2.89. The summed E-state index contributed by atoms with van der Waals surface area (Å²) in [4.78, 5) is 0. The van der Waals surface area contributed by atoms with Crippen molar-refractivity contribution in [1.82, 2.24) is 0 Å². The monoisotopic (exact) mass is 196 g/mol. The van der Waals surface area contributed by atoms with E-state index in [1.165, 1.54) is 6.92 Å². The summed E-state index contributed by atoms with van der Waals surface area (Å²) >= 11 is 0. The Balaban J connectivity index is 2.94. The first kappa shape index (κ1) is 10.8. The SMILES string of the molecule is CC1CC(C)(C)CC1(O)C(F)(F)F. The van der Waals surface area contributed by atoms with Crippen molar-refractivity contribution in [3.8, 4) is 0 Å². The molecule has 0 aromatic rings. The summed E-state index contributed by atoms with van der Waals surface area (Å²) in [6.45, 7) is 4.97. The smallest absolute Gasteiger partial charge is 0.380 e. The average molecular weight is 196 g/mol. The predicted octanol–water partition coefficient (Wildman–Crippen LogP) is 2.74. The van der Waals surface area contributed by atoms with Gasteiger partial charge in [-0.15, -0.1) is 0 Å². The van der Waals surface area contributed by atoms with Crippen molar-refractivity contribution in [2.24, 2.45) is 11.3 Å². The first-order valence-electron chi connectivity index (χ1n) is 4.38. The average Bonchev–Trinajstić information content (AvgIpc) is 2.00. The molecule has 1 aliphatic carbocycles. The molecule has 1 rings (SSSR count). The van der Waals surface area contributed by atoms with Gasteiger partial charge in [-0.2, -0.15) is 13.2 Å². The molecule has 1 aliphatic rings. The van der Waals surface area contributed by atoms with Gasteiger partial charge in [-0.05, 0) is 24.2 Å². The van der Waals surface area contributed by atoms with Gasteiger partial charge in [-0.1, -0.05) is 20.8 Å². The summed E-state index contributed by atoms with van der Waals surface area (Å²) in [6, 6.07) is 0. The molecule has 0 heterocycles. The van der Waals surface area contributed by atoms with Crippen LogP contribution >= 0.6 is 0 Å². The van der Waals surface area contributed by atoms with E-state index >= 15 is 0 Å². The standard InChI is InChI=1S/C9H15F3O/c1-6-4-7(2,3)5-8(6,13)9(10,11)12/h6,13H,4-5H2,1-3H3. The van der Waals surface area contributed by atoms with Crippen LogP contribution in [-0.4, -0.2) is 16.9 Å². The predicted molar refractivity (Wildman–Crippen MR) is 43.2 cm³/mol. The van der Waals surface area contributed by atoms with E-state index in [2.05, 4.69) is 0 Å². The molecule has 0 bridgehead atoms. The minimum Gasteiger partial charge on any atom is -0.380 e. The van der Waals surface area contributed by atoms with Gasteiger partial charge < -0.3 is 5.11 Å². The molecule has 0 aromatic carbocycles. The van der Waals surface area contributed by atoms with Crippen LogP contribution in [0.5, 0.6) is 0 Å². The second-order valence-electron chi connectivity index (χ2n) is 4.87. The van der Waals surface area contributed by atoms with Crippen molar-refractivity contribution >= 4 is 0 Å². The van der Waals surface area contributed by atoms with E-state index in [0.717, 1.165) is 0 Å².